The van der Waals surface area contributed by atoms with E-state index in [0.29, 0.717) is 17.2 Å². The predicted octanol–water partition coefficient (Wildman–Crippen LogP) is 2.79. The van der Waals surface area contributed by atoms with Gasteiger partial charge in [0.25, 0.3) is 5.56 Å². The van der Waals surface area contributed by atoms with E-state index in [0.717, 1.165) is 10.6 Å². The lowest BCUT2D eigenvalue weighted by Crippen LogP contribution is -2.37. The third kappa shape index (κ3) is 2.21. The van der Waals surface area contributed by atoms with Crippen LogP contribution in [0, 0.1) is 11.6 Å². The first-order valence-corrected chi connectivity index (χ1v) is 9.04. The summed E-state index contributed by atoms with van der Waals surface area (Å²) in [6.45, 7) is 0. The van der Waals surface area contributed by atoms with Crippen molar-refractivity contribution in [2.45, 2.75) is 0 Å². The van der Waals surface area contributed by atoms with Gasteiger partial charge in [0.2, 0.25) is 0 Å². The fourth-order valence-corrected chi connectivity index (χ4v) is 3.99. The largest absolute Gasteiger partial charge is 0.332 e. The Bertz CT molecular complexity index is 1550. The van der Waals surface area contributed by atoms with Gasteiger partial charge in [0.05, 0.1) is 16.6 Å². The predicted molar refractivity (Wildman–Crippen MR) is 106 cm³/mol. The van der Waals surface area contributed by atoms with Crippen LogP contribution in [-0.2, 0) is 14.1 Å². The van der Waals surface area contributed by atoms with Crippen LogP contribution in [0.5, 0.6) is 0 Å². The van der Waals surface area contributed by atoms with Gasteiger partial charge in [-0.05, 0) is 12.1 Å². The molecule has 0 spiro atoms. The number of hydrogen-bond acceptors (Lipinski definition) is 4. The second-order valence-corrected chi connectivity index (χ2v) is 7.11. The number of ketones is 1. The molecule has 0 bridgehead atoms. The molecule has 0 amide bonds. The van der Waals surface area contributed by atoms with Crippen molar-refractivity contribution in [3.63, 3.8) is 0 Å². The maximum absolute atomic E-state index is 14.9. The molecule has 0 unspecified atom stereocenters. The molecule has 148 valence electrons. The molecule has 2 aromatic carbocycles. The zero-order valence-electron chi connectivity index (χ0n) is 15.9. The molecule has 1 aliphatic rings. The van der Waals surface area contributed by atoms with Crippen LogP contribution in [0.1, 0.15) is 15.9 Å². The summed E-state index contributed by atoms with van der Waals surface area (Å²) in [5.41, 5.74) is -0.215. The normalized spacial score (nSPS) is 12.3. The standard InChI is InChI=1S/C22H13F2N3O3/c1-26-20-17(21(29)27(2)22(26)30)15(13-8-7-10(23)9-14(13)24)16-18(25-20)11-5-3-4-6-12(11)19(16)28/h3-9H,1-2H3. The van der Waals surface area contributed by atoms with Crippen molar-refractivity contribution in [3.8, 4) is 22.4 Å². The van der Waals surface area contributed by atoms with E-state index in [-0.39, 0.29) is 33.4 Å². The number of aryl methyl sites for hydroxylation is 1. The number of pyridine rings is 1. The van der Waals surface area contributed by atoms with E-state index < -0.39 is 28.7 Å². The Morgan fingerprint density at radius 1 is 0.833 bits per heavy atom. The monoisotopic (exact) mass is 405 g/mol. The summed E-state index contributed by atoms with van der Waals surface area (Å²) in [4.78, 5) is 43.2. The van der Waals surface area contributed by atoms with Gasteiger partial charge in [-0.1, -0.05) is 24.3 Å². The third-order valence-electron chi connectivity index (χ3n) is 5.44. The van der Waals surface area contributed by atoms with Crippen LogP contribution >= 0.6 is 0 Å². The van der Waals surface area contributed by atoms with E-state index in [2.05, 4.69) is 4.98 Å². The molecule has 6 nitrogen and oxygen atoms in total. The number of halogens is 2. The second kappa shape index (κ2) is 6.03. The van der Waals surface area contributed by atoms with E-state index in [9.17, 15) is 23.2 Å². The highest BCUT2D eigenvalue weighted by atomic mass is 19.1. The SMILES string of the molecule is Cn1c(=O)c2c(-c3ccc(F)cc3F)c3c(nc2n(C)c1=O)-c1ccccc1C3=O. The minimum Gasteiger partial charge on any atom is -0.288 e. The number of aromatic nitrogens is 3. The summed E-state index contributed by atoms with van der Waals surface area (Å²) in [7, 11) is 2.73. The van der Waals surface area contributed by atoms with Crippen LogP contribution in [0.4, 0.5) is 8.78 Å². The highest BCUT2D eigenvalue weighted by Crippen LogP contribution is 2.43. The molecule has 4 aromatic rings. The number of carbonyl (C=O) groups is 1. The van der Waals surface area contributed by atoms with Gasteiger partial charge in [-0.25, -0.2) is 18.6 Å². The molecule has 0 aliphatic heterocycles. The maximum Gasteiger partial charge on any atom is 0.332 e. The molecule has 5 rings (SSSR count). The van der Waals surface area contributed by atoms with Crippen molar-refractivity contribution in [2.24, 2.45) is 14.1 Å². The van der Waals surface area contributed by atoms with Crippen molar-refractivity contribution in [2.75, 3.05) is 0 Å². The molecule has 0 fully saturated rings. The van der Waals surface area contributed by atoms with E-state index in [1.54, 1.807) is 24.3 Å². The summed E-state index contributed by atoms with van der Waals surface area (Å²) in [6.07, 6.45) is 0. The molecular formula is C22H13F2N3O3. The van der Waals surface area contributed by atoms with Gasteiger partial charge in [-0.15, -0.1) is 0 Å². The Hall–Kier alpha value is -3.94. The smallest absolute Gasteiger partial charge is 0.288 e. The van der Waals surface area contributed by atoms with Crippen molar-refractivity contribution >= 4 is 16.8 Å². The molecule has 0 atom stereocenters. The third-order valence-corrected chi connectivity index (χ3v) is 5.44. The van der Waals surface area contributed by atoms with Gasteiger partial charge in [-0.3, -0.25) is 18.7 Å². The first kappa shape index (κ1) is 18.1. The van der Waals surface area contributed by atoms with Gasteiger partial charge >= 0.3 is 5.69 Å². The lowest BCUT2D eigenvalue weighted by molar-refractivity contribution is 0.104. The van der Waals surface area contributed by atoms with Crippen LogP contribution in [0.3, 0.4) is 0 Å². The van der Waals surface area contributed by atoms with E-state index >= 15 is 0 Å². The Balaban J connectivity index is 2.09. The molecule has 30 heavy (non-hydrogen) atoms. The number of fused-ring (bicyclic) bond motifs is 4. The molecule has 0 saturated heterocycles. The fraction of sp³-hybridized carbons (Fsp3) is 0.0909. The first-order valence-electron chi connectivity index (χ1n) is 9.04. The van der Waals surface area contributed by atoms with Crippen LogP contribution in [-0.4, -0.2) is 19.9 Å². The summed E-state index contributed by atoms with van der Waals surface area (Å²) < 4.78 is 30.5. The average Bonchev–Trinajstić information content (AvgIpc) is 3.02. The Morgan fingerprint density at radius 2 is 1.53 bits per heavy atom. The molecule has 2 heterocycles. The van der Waals surface area contributed by atoms with E-state index in [1.165, 1.54) is 24.7 Å². The fourth-order valence-electron chi connectivity index (χ4n) is 3.99. The van der Waals surface area contributed by atoms with E-state index in [1.807, 2.05) is 0 Å². The molecular weight excluding hydrogens is 392 g/mol. The molecule has 0 radical (unpaired) electrons. The molecule has 0 saturated carbocycles. The van der Waals surface area contributed by atoms with Crippen LogP contribution in [0.25, 0.3) is 33.4 Å². The molecule has 1 aliphatic carbocycles. The van der Waals surface area contributed by atoms with Crippen LogP contribution in [0.2, 0.25) is 0 Å². The first-order chi connectivity index (χ1) is 14.3. The molecule has 0 N–H and O–H groups in total. The van der Waals surface area contributed by atoms with Crippen molar-refractivity contribution in [3.05, 3.63) is 86.1 Å². The molecule has 8 heteroatoms. The Kier molecular flexibility index (Phi) is 3.64. The number of rotatable bonds is 1. The van der Waals surface area contributed by atoms with E-state index in [4.69, 9.17) is 0 Å². The molecule has 2 aromatic heterocycles. The summed E-state index contributed by atoms with van der Waals surface area (Å²) >= 11 is 0. The van der Waals surface area contributed by atoms with Crippen LogP contribution in [0.15, 0.2) is 52.1 Å². The minimum atomic E-state index is -0.927. The Morgan fingerprint density at radius 3 is 2.23 bits per heavy atom. The van der Waals surface area contributed by atoms with Gasteiger partial charge in [0, 0.05) is 42.4 Å². The van der Waals surface area contributed by atoms with Crippen molar-refractivity contribution < 1.29 is 13.6 Å². The topological polar surface area (TPSA) is 74.0 Å². The number of hydrogen-bond donors (Lipinski definition) is 0. The number of nitrogens with zero attached hydrogens (tertiary/aromatic N) is 3. The highest BCUT2D eigenvalue weighted by molar-refractivity contribution is 6.26. The van der Waals surface area contributed by atoms with Gasteiger partial charge in [0.15, 0.2) is 11.4 Å². The lowest BCUT2D eigenvalue weighted by atomic mass is 9.94. The minimum absolute atomic E-state index is 0.00454. The maximum atomic E-state index is 14.9. The zero-order valence-corrected chi connectivity index (χ0v) is 15.9. The summed E-state index contributed by atoms with van der Waals surface area (Å²) in [6, 6.07) is 9.65. The Labute approximate surface area is 167 Å². The highest BCUT2D eigenvalue weighted by Gasteiger charge is 2.34. The zero-order chi connectivity index (χ0) is 21.3. The number of benzene rings is 2. The van der Waals surface area contributed by atoms with Gasteiger partial charge in [0.1, 0.15) is 11.6 Å². The summed E-state index contributed by atoms with van der Waals surface area (Å²) in [5.74, 6) is -2.13. The van der Waals surface area contributed by atoms with Crippen molar-refractivity contribution in [1.82, 2.24) is 14.1 Å². The lowest BCUT2D eigenvalue weighted by Gasteiger charge is -2.15. The van der Waals surface area contributed by atoms with Gasteiger partial charge < -0.3 is 0 Å². The summed E-state index contributed by atoms with van der Waals surface area (Å²) in [5, 5.41) is -0.0787. The number of carbonyl (C=O) groups excluding carboxylic acids is 1. The average molecular weight is 405 g/mol. The van der Waals surface area contributed by atoms with Crippen LogP contribution < -0.4 is 11.2 Å². The second-order valence-electron chi connectivity index (χ2n) is 7.11. The van der Waals surface area contributed by atoms with Crippen molar-refractivity contribution in [1.29, 1.82) is 0 Å². The van der Waals surface area contributed by atoms with Gasteiger partial charge in [-0.2, -0.15) is 0 Å². The quantitative estimate of drug-likeness (QED) is 0.430.